The summed E-state index contributed by atoms with van der Waals surface area (Å²) in [7, 11) is 0. The predicted molar refractivity (Wildman–Crippen MR) is 83.2 cm³/mol. The van der Waals surface area contributed by atoms with Gasteiger partial charge in [0.25, 0.3) is 0 Å². The van der Waals surface area contributed by atoms with E-state index in [1.54, 1.807) is 36.4 Å². The monoisotopic (exact) mass is 311 g/mol. The van der Waals surface area contributed by atoms with Crippen molar-refractivity contribution < 1.29 is 9.47 Å². The molecule has 0 fully saturated rings. The smallest absolute Gasteiger partial charge is 0.147 e. The van der Waals surface area contributed by atoms with E-state index in [1.165, 1.54) is 0 Å². The SMILES string of the molecule is CC(C)Oc1cc(N)cc(Oc2cc(Cl)ccc2Cl)c1. The first-order chi connectivity index (χ1) is 9.44. The van der Waals surface area contributed by atoms with E-state index < -0.39 is 0 Å². The third-order valence-electron chi connectivity index (χ3n) is 2.40. The van der Waals surface area contributed by atoms with Crippen LogP contribution in [0.25, 0.3) is 0 Å². The molecule has 2 aromatic rings. The van der Waals surface area contributed by atoms with Crippen molar-refractivity contribution >= 4 is 28.9 Å². The second-order valence-electron chi connectivity index (χ2n) is 4.58. The average Bonchev–Trinajstić information content (AvgIpc) is 2.32. The predicted octanol–water partition coefficient (Wildman–Crippen LogP) is 5.16. The molecule has 2 rings (SSSR count). The Bertz CT molecular complexity index is 615. The van der Waals surface area contributed by atoms with Crippen LogP contribution in [-0.2, 0) is 0 Å². The normalized spacial score (nSPS) is 10.7. The van der Waals surface area contributed by atoms with Gasteiger partial charge in [0.05, 0.1) is 11.1 Å². The van der Waals surface area contributed by atoms with E-state index in [4.69, 9.17) is 38.4 Å². The molecule has 0 amide bonds. The number of halogens is 2. The van der Waals surface area contributed by atoms with Gasteiger partial charge in [0.2, 0.25) is 0 Å². The molecule has 0 aliphatic heterocycles. The fourth-order valence-corrected chi connectivity index (χ4v) is 1.99. The van der Waals surface area contributed by atoms with E-state index in [0.29, 0.717) is 33.0 Å². The van der Waals surface area contributed by atoms with Crippen molar-refractivity contribution in [1.29, 1.82) is 0 Å². The molecular formula is C15H15Cl2NO2. The molecule has 106 valence electrons. The lowest BCUT2D eigenvalue weighted by Gasteiger charge is -2.13. The van der Waals surface area contributed by atoms with Crippen LogP contribution in [0.2, 0.25) is 10.0 Å². The molecule has 0 aliphatic carbocycles. The molecule has 20 heavy (non-hydrogen) atoms. The highest BCUT2D eigenvalue weighted by molar-refractivity contribution is 6.34. The maximum absolute atomic E-state index is 6.06. The van der Waals surface area contributed by atoms with Crippen LogP contribution in [0.15, 0.2) is 36.4 Å². The summed E-state index contributed by atoms with van der Waals surface area (Å²) in [6.07, 6.45) is 0.0550. The van der Waals surface area contributed by atoms with Crippen LogP contribution < -0.4 is 15.2 Å². The highest BCUT2D eigenvalue weighted by Crippen LogP contribution is 2.34. The van der Waals surface area contributed by atoms with Gasteiger partial charge in [-0.05, 0) is 26.0 Å². The summed E-state index contributed by atoms with van der Waals surface area (Å²) < 4.78 is 11.3. The van der Waals surface area contributed by atoms with Crippen LogP contribution in [-0.4, -0.2) is 6.10 Å². The summed E-state index contributed by atoms with van der Waals surface area (Å²) in [5.41, 5.74) is 6.39. The maximum atomic E-state index is 6.06. The third-order valence-corrected chi connectivity index (χ3v) is 2.94. The van der Waals surface area contributed by atoms with E-state index in [1.807, 2.05) is 13.8 Å². The number of nitrogens with two attached hydrogens (primary N) is 1. The van der Waals surface area contributed by atoms with Gasteiger partial charge in [-0.2, -0.15) is 0 Å². The Kier molecular flexibility index (Phi) is 4.63. The molecule has 3 nitrogen and oxygen atoms in total. The van der Waals surface area contributed by atoms with E-state index in [-0.39, 0.29) is 6.10 Å². The topological polar surface area (TPSA) is 44.5 Å². The molecule has 5 heteroatoms. The Morgan fingerprint density at radius 2 is 1.70 bits per heavy atom. The Balaban J connectivity index is 2.28. The van der Waals surface area contributed by atoms with Crippen LogP contribution in [0.1, 0.15) is 13.8 Å². The zero-order valence-electron chi connectivity index (χ0n) is 11.2. The van der Waals surface area contributed by atoms with Gasteiger partial charge in [0, 0.05) is 35.0 Å². The zero-order chi connectivity index (χ0) is 14.7. The Morgan fingerprint density at radius 1 is 1.00 bits per heavy atom. The number of nitrogen functional groups attached to an aromatic ring is 1. The second-order valence-corrected chi connectivity index (χ2v) is 5.42. The first kappa shape index (κ1) is 14.8. The number of benzene rings is 2. The lowest BCUT2D eigenvalue weighted by molar-refractivity contribution is 0.242. The van der Waals surface area contributed by atoms with Gasteiger partial charge in [-0.3, -0.25) is 0 Å². The first-order valence-corrected chi connectivity index (χ1v) is 6.90. The van der Waals surface area contributed by atoms with Crippen LogP contribution in [0.3, 0.4) is 0 Å². The molecule has 0 atom stereocenters. The molecule has 0 bridgehead atoms. The quantitative estimate of drug-likeness (QED) is 0.794. The van der Waals surface area contributed by atoms with E-state index in [2.05, 4.69) is 0 Å². The number of anilines is 1. The summed E-state index contributed by atoms with van der Waals surface area (Å²) in [5.74, 6) is 1.67. The van der Waals surface area contributed by atoms with Crippen molar-refractivity contribution in [1.82, 2.24) is 0 Å². The van der Waals surface area contributed by atoms with Crippen molar-refractivity contribution in [3.63, 3.8) is 0 Å². The van der Waals surface area contributed by atoms with E-state index >= 15 is 0 Å². The molecule has 0 saturated heterocycles. The van der Waals surface area contributed by atoms with Crippen molar-refractivity contribution in [2.75, 3.05) is 5.73 Å². The van der Waals surface area contributed by atoms with Gasteiger partial charge >= 0.3 is 0 Å². The summed E-state index contributed by atoms with van der Waals surface area (Å²) in [6.45, 7) is 3.88. The largest absolute Gasteiger partial charge is 0.491 e. The molecule has 0 unspecified atom stereocenters. The standard InChI is InChI=1S/C15H15Cl2NO2/c1-9(2)19-12-6-11(18)7-13(8-12)20-15-5-10(16)3-4-14(15)17/h3-9H,18H2,1-2H3. The minimum Gasteiger partial charge on any atom is -0.491 e. The van der Waals surface area contributed by atoms with Gasteiger partial charge in [0.15, 0.2) is 0 Å². The number of hydrogen-bond donors (Lipinski definition) is 1. The summed E-state index contributed by atoms with van der Waals surface area (Å²) >= 11 is 12.0. The lowest BCUT2D eigenvalue weighted by atomic mass is 10.2. The lowest BCUT2D eigenvalue weighted by Crippen LogP contribution is -2.05. The third kappa shape index (κ3) is 3.95. The highest BCUT2D eigenvalue weighted by atomic mass is 35.5. The van der Waals surface area contributed by atoms with Crippen LogP contribution in [0.4, 0.5) is 5.69 Å². The van der Waals surface area contributed by atoms with Gasteiger partial charge in [-0.1, -0.05) is 23.2 Å². The molecule has 0 aliphatic rings. The zero-order valence-corrected chi connectivity index (χ0v) is 12.7. The van der Waals surface area contributed by atoms with Crippen LogP contribution in [0, 0.1) is 0 Å². The molecule has 0 aromatic heterocycles. The van der Waals surface area contributed by atoms with E-state index in [0.717, 1.165) is 0 Å². The van der Waals surface area contributed by atoms with Gasteiger partial charge in [-0.15, -0.1) is 0 Å². The van der Waals surface area contributed by atoms with Crippen LogP contribution in [0.5, 0.6) is 17.2 Å². The minimum absolute atomic E-state index is 0.0550. The van der Waals surface area contributed by atoms with Crippen molar-refractivity contribution in [3.05, 3.63) is 46.4 Å². The minimum atomic E-state index is 0.0550. The molecule has 0 saturated carbocycles. The number of hydrogen-bond acceptors (Lipinski definition) is 3. The first-order valence-electron chi connectivity index (χ1n) is 6.14. The van der Waals surface area contributed by atoms with E-state index in [9.17, 15) is 0 Å². The molecular weight excluding hydrogens is 297 g/mol. The van der Waals surface area contributed by atoms with Crippen molar-refractivity contribution in [2.24, 2.45) is 0 Å². The van der Waals surface area contributed by atoms with Crippen molar-refractivity contribution in [3.8, 4) is 17.2 Å². The Morgan fingerprint density at radius 3 is 2.40 bits per heavy atom. The van der Waals surface area contributed by atoms with Gasteiger partial charge in [0.1, 0.15) is 17.2 Å². The fraction of sp³-hybridized carbons (Fsp3) is 0.200. The van der Waals surface area contributed by atoms with Crippen molar-refractivity contribution in [2.45, 2.75) is 20.0 Å². The average molecular weight is 312 g/mol. The van der Waals surface area contributed by atoms with Gasteiger partial charge < -0.3 is 15.2 Å². The number of ether oxygens (including phenoxy) is 2. The molecule has 0 radical (unpaired) electrons. The van der Waals surface area contributed by atoms with Crippen LogP contribution >= 0.6 is 23.2 Å². The van der Waals surface area contributed by atoms with Gasteiger partial charge in [-0.25, -0.2) is 0 Å². The maximum Gasteiger partial charge on any atom is 0.147 e. The second kappa shape index (κ2) is 6.25. The fourth-order valence-electron chi connectivity index (χ4n) is 1.68. The summed E-state index contributed by atoms with van der Waals surface area (Å²) in [6, 6.07) is 10.2. The summed E-state index contributed by atoms with van der Waals surface area (Å²) in [5, 5.41) is 1.02. The molecule has 0 heterocycles. The Labute approximate surface area is 128 Å². The Hall–Kier alpha value is -1.58. The molecule has 2 aromatic carbocycles. The highest BCUT2D eigenvalue weighted by Gasteiger charge is 2.07. The summed E-state index contributed by atoms with van der Waals surface area (Å²) in [4.78, 5) is 0. The number of rotatable bonds is 4. The molecule has 0 spiro atoms. The molecule has 2 N–H and O–H groups in total.